The zero-order valence-electron chi connectivity index (χ0n) is 24.7. The molecule has 0 atom stereocenters. The van der Waals surface area contributed by atoms with Crippen molar-refractivity contribution in [1.82, 2.24) is 9.88 Å². The first-order valence-electron chi connectivity index (χ1n) is 13.9. The average molecular weight is 480 g/mol. The number of nitrogens with zero attached hydrogens (tertiary/aromatic N) is 3. The summed E-state index contributed by atoms with van der Waals surface area (Å²) in [5.74, 6) is 2.94. The molecule has 35 heavy (non-hydrogen) atoms. The quantitative estimate of drug-likeness (QED) is 0.429. The molecule has 3 heteroatoms. The van der Waals surface area contributed by atoms with E-state index in [2.05, 4.69) is 82.6 Å². The zero-order chi connectivity index (χ0) is 27.0. The van der Waals surface area contributed by atoms with Crippen LogP contribution in [-0.2, 0) is 6.54 Å². The van der Waals surface area contributed by atoms with E-state index in [4.69, 9.17) is 0 Å². The van der Waals surface area contributed by atoms with E-state index in [-0.39, 0.29) is 0 Å². The summed E-state index contributed by atoms with van der Waals surface area (Å²) in [5.41, 5.74) is 5.00. The maximum atomic E-state index is 9.46. The molecule has 1 aromatic carbocycles. The highest BCUT2D eigenvalue weighted by Gasteiger charge is 2.21. The van der Waals surface area contributed by atoms with Crippen molar-refractivity contribution in [3.8, 4) is 17.3 Å². The smallest absolute Gasteiger partial charge is 0.0998 e. The van der Waals surface area contributed by atoms with Crippen molar-refractivity contribution >= 4 is 0 Å². The molecule has 1 saturated heterocycles. The van der Waals surface area contributed by atoms with Crippen LogP contribution >= 0.6 is 0 Å². The van der Waals surface area contributed by atoms with Gasteiger partial charge >= 0.3 is 0 Å². The van der Waals surface area contributed by atoms with Crippen molar-refractivity contribution in [2.75, 3.05) is 13.1 Å². The monoisotopic (exact) mass is 479 g/mol. The van der Waals surface area contributed by atoms with Crippen LogP contribution in [0.1, 0.15) is 112 Å². The Bertz CT molecular complexity index is 833. The van der Waals surface area contributed by atoms with Gasteiger partial charge in [-0.25, -0.2) is 0 Å². The minimum Gasteiger partial charge on any atom is -0.299 e. The lowest BCUT2D eigenvalue weighted by Crippen LogP contribution is -2.34. The van der Waals surface area contributed by atoms with Crippen molar-refractivity contribution in [3.63, 3.8) is 0 Å². The van der Waals surface area contributed by atoms with Gasteiger partial charge in [0.25, 0.3) is 0 Å². The molecule has 0 amide bonds. The normalized spacial score (nSPS) is 13.7. The maximum absolute atomic E-state index is 9.46. The van der Waals surface area contributed by atoms with Crippen LogP contribution in [0.4, 0.5) is 0 Å². The molecule has 0 bridgehead atoms. The Labute approximate surface area is 218 Å². The summed E-state index contributed by atoms with van der Waals surface area (Å²) in [6, 6.07) is 12.6. The summed E-state index contributed by atoms with van der Waals surface area (Å²) >= 11 is 0. The number of benzene rings is 1. The molecule has 1 aliphatic rings. The number of aromatic nitrogens is 1. The van der Waals surface area contributed by atoms with Crippen molar-refractivity contribution in [2.24, 2.45) is 17.8 Å². The summed E-state index contributed by atoms with van der Waals surface area (Å²) in [4.78, 5) is 7.23. The molecule has 196 valence electrons. The Morgan fingerprint density at radius 3 is 1.91 bits per heavy atom. The predicted molar refractivity (Wildman–Crippen MR) is 155 cm³/mol. The van der Waals surface area contributed by atoms with E-state index in [9.17, 15) is 5.26 Å². The van der Waals surface area contributed by atoms with E-state index < -0.39 is 0 Å². The van der Waals surface area contributed by atoms with E-state index in [1.54, 1.807) is 0 Å². The van der Waals surface area contributed by atoms with Gasteiger partial charge < -0.3 is 0 Å². The second-order valence-electron chi connectivity index (χ2n) is 10.2. The van der Waals surface area contributed by atoms with Crippen LogP contribution in [0, 0.1) is 29.1 Å². The molecule has 2 heterocycles. The summed E-state index contributed by atoms with van der Waals surface area (Å²) < 4.78 is 0. The second kappa shape index (κ2) is 18.1. The van der Waals surface area contributed by atoms with E-state index in [1.165, 1.54) is 37.1 Å². The van der Waals surface area contributed by atoms with Gasteiger partial charge in [-0.2, -0.15) is 5.26 Å². The fourth-order valence-corrected chi connectivity index (χ4v) is 3.94. The van der Waals surface area contributed by atoms with Crippen LogP contribution in [0.3, 0.4) is 0 Å². The van der Waals surface area contributed by atoms with Gasteiger partial charge in [-0.15, -0.1) is 0 Å². The molecule has 0 unspecified atom stereocenters. The lowest BCUT2D eigenvalue weighted by molar-refractivity contribution is 0.152. The van der Waals surface area contributed by atoms with Gasteiger partial charge in [0.1, 0.15) is 0 Å². The highest BCUT2D eigenvalue weighted by molar-refractivity contribution is 5.68. The lowest BCUT2D eigenvalue weighted by atomic mass is 9.86. The first-order valence-corrected chi connectivity index (χ1v) is 13.9. The Morgan fingerprint density at radius 1 is 0.914 bits per heavy atom. The van der Waals surface area contributed by atoms with Gasteiger partial charge in [0.05, 0.1) is 17.3 Å². The number of rotatable bonds is 5. The van der Waals surface area contributed by atoms with Crippen molar-refractivity contribution < 1.29 is 0 Å². The molecule has 1 aliphatic heterocycles. The third kappa shape index (κ3) is 11.9. The standard InChI is InChI=1S/C24H31N3.C4H10.2C2H6/c1-17(2)20-9-11-27(12-10-20)16-19-5-8-24(26-15-19)23-13-21(18(3)4)6-7-22(23)14-25;1-4(2)3;2*1-2/h5-8,13,15,17-18,20H,9-12,16H2,1-4H3;4H,1-3H3;2*1-2H3. The van der Waals surface area contributed by atoms with Gasteiger partial charge in [-0.1, -0.05) is 88.3 Å². The number of piperidine rings is 1. The van der Waals surface area contributed by atoms with Crippen molar-refractivity contribution in [2.45, 2.75) is 101 Å². The first kappa shape index (κ1) is 32.8. The average Bonchev–Trinajstić information content (AvgIpc) is 2.86. The summed E-state index contributed by atoms with van der Waals surface area (Å²) in [7, 11) is 0. The molecule has 3 rings (SSSR count). The SMILES string of the molecule is CC.CC.CC(C)C.CC(C)c1ccc(C#N)c(-c2ccc(CN3CCC(C(C)C)CC3)cn2)c1. The van der Waals surface area contributed by atoms with E-state index in [1.807, 2.05) is 46.0 Å². The first-order chi connectivity index (χ1) is 16.7. The van der Waals surface area contributed by atoms with Gasteiger partial charge in [-0.3, -0.25) is 9.88 Å². The molecule has 0 saturated carbocycles. The van der Waals surface area contributed by atoms with E-state index >= 15 is 0 Å². The van der Waals surface area contributed by atoms with Crippen LogP contribution in [0.15, 0.2) is 36.5 Å². The van der Waals surface area contributed by atoms with E-state index in [0.29, 0.717) is 11.5 Å². The molecule has 0 N–H and O–H groups in total. The molecular formula is C32H53N3. The third-order valence-electron chi connectivity index (χ3n) is 5.91. The van der Waals surface area contributed by atoms with Crippen LogP contribution in [-0.4, -0.2) is 23.0 Å². The van der Waals surface area contributed by atoms with Gasteiger partial charge in [-0.05, 0) is 78.9 Å². The van der Waals surface area contributed by atoms with Crippen molar-refractivity contribution in [1.29, 1.82) is 5.26 Å². The van der Waals surface area contributed by atoms with Crippen LogP contribution in [0.5, 0.6) is 0 Å². The molecule has 0 spiro atoms. The Balaban J connectivity index is 0.00000129. The number of likely N-dealkylation sites (tertiary alicyclic amines) is 1. The number of hydrogen-bond donors (Lipinski definition) is 0. The molecule has 1 fully saturated rings. The Morgan fingerprint density at radius 2 is 1.49 bits per heavy atom. The van der Waals surface area contributed by atoms with Crippen LogP contribution in [0.2, 0.25) is 0 Å². The molecule has 1 aromatic heterocycles. The number of nitriles is 1. The largest absolute Gasteiger partial charge is 0.299 e. The van der Waals surface area contributed by atoms with Crippen LogP contribution < -0.4 is 0 Å². The van der Waals surface area contributed by atoms with Crippen molar-refractivity contribution in [3.05, 3.63) is 53.2 Å². The van der Waals surface area contributed by atoms with Gasteiger partial charge in [0.2, 0.25) is 0 Å². The fraction of sp³-hybridized carbons (Fsp3) is 0.625. The highest BCUT2D eigenvalue weighted by atomic mass is 15.1. The molecule has 0 aliphatic carbocycles. The van der Waals surface area contributed by atoms with E-state index in [0.717, 1.165) is 35.6 Å². The van der Waals surface area contributed by atoms with Crippen LogP contribution in [0.25, 0.3) is 11.3 Å². The van der Waals surface area contributed by atoms with Gasteiger partial charge in [0, 0.05) is 18.3 Å². The maximum Gasteiger partial charge on any atom is 0.0998 e. The topological polar surface area (TPSA) is 39.9 Å². The summed E-state index contributed by atoms with van der Waals surface area (Å²) in [6.45, 7) is 26.8. The fourth-order valence-electron chi connectivity index (χ4n) is 3.94. The molecular weight excluding hydrogens is 426 g/mol. The minimum atomic E-state index is 0.435. The lowest BCUT2D eigenvalue weighted by Gasteiger charge is -2.33. The molecule has 0 radical (unpaired) electrons. The predicted octanol–water partition coefficient (Wildman–Crippen LogP) is 9.33. The van der Waals surface area contributed by atoms with Gasteiger partial charge in [0.15, 0.2) is 0 Å². The highest BCUT2D eigenvalue weighted by Crippen LogP contribution is 2.28. The Hall–Kier alpha value is -2.18. The third-order valence-corrected chi connectivity index (χ3v) is 5.91. The summed E-state index contributed by atoms with van der Waals surface area (Å²) in [6.07, 6.45) is 4.58. The second-order valence-corrected chi connectivity index (χ2v) is 10.2. The Kier molecular flexibility index (Phi) is 17.0. The summed E-state index contributed by atoms with van der Waals surface area (Å²) in [5, 5.41) is 9.46. The number of hydrogen-bond acceptors (Lipinski definition) is 3. The minimum absolute atomic E-state index is 0.435. The number of pyridine rings is 1. The molecule has 3 nitrogen and oxygen atoms in total. The zero-order valence-corrected chi connectivity index (χ0v) is 24.7. The molecule has 2 aromatic rings.